The first-order chi connectivity index (χ1) is 7.16. The molecule has 2 rings (SSSR count). The quantitative estimate of drug-likeness (QED) is 0.810. The predicted molar refractivity (Wildman–Crippen MR) is 55.7 cm³/mol. The van der Waals surface area contributed by atoms with Crippen LogP contribution in [0.5, 0.6) is 0 Å². The first kappa shape index (κ1) is 10.1. The fourth-order valence-corrected chi connectivity index (χ4v) is 1.51. The number of carbonyl (C=O) groups excluding carboxylic acids is 1. The topological polar surface area (TPSA) is 29.1 Å². The second kappa shape index (κ2) is 4.01. The minimum atomic E-state index is -0.250. The van der Waals surface area contributed by atoms with Gasteiger partial charge in [-0.3, -0.25) is 4.79 Å². The molecule has 1 aliphatic carbocycles. The minimum Gasteiger partial charge on any atom is -0.349 e. The average molecular weight is 207 g/mol. The molecule has 1 saturated carbocycles. The summed E-state index contributed by atoms with van der Waals surface area (Å²) in [7, 11) is 0. The van der Waals surface area contributed by atoms with Gasteiger partial charge in [0.15, 0.2) is 0 Å². The first-order valence-corrected chi connectivity index (χ1v) is 5.22. The third-order valence-corrected chi connectivity index (χ3v) is 2.68. The van der Waals surface area contributed by atoms with Crippen LogP contribution in [0.15, 0.2) is 24.3 Å². The Morgan fingerprint density at radius 3 is 2.53 bits per heavy atom. The van der Waals surface area contributed by atoms with Gasteiger partial charge in [-0.15, -0.1) is 0 Å². The number of halogens is 1. The van der Waals surface area contributed by atoms with Crippen molar-refractivity contribution >= 4 is 5.91 Å². The van der Waals surface area contributed by atoms with Crippen molar-refractivity contribution in [2.45, 2.75) is 25.8 Å². The normalized spacial score (nSPS) is 17.2. The van der Waals surface area contributed by atoms with E-state index in [2.05, 4.69) is 5.32 Å². The summed E-state index contributed by atoms with van der Waals surface area (Å²) in [5, 5.41) is 2.92. The Hall–Kier alpha value is -1.38. The van der Waals surface area contributed by atoms with Gasteiger partial charge in [0.05, 0.1) is 6.04 Å². The molecule has 0 aliphatic heterocycles. The van der Waals surface area contributed by atoms with E-state index in [0.29, 0.717) is 0 Å². The summed E-state index contributed by atoms with van der Waals surface area (Å²) in [5.74, 6) is 0.0826. The van der Waals surface area contributed by atoms with E-state index in [4.69, 9.17) is 0 Å². The van der Waals surface area contributed by atoms with Gasteiger partial charge in [0.25, 0.3) is 0 Å². The molecule has 0 heterocycles. The number of hydrogen-bond donors (Lipinski definition) is 1. The van der Waals surface area contributed by atoms with Crippen LogP contribution in [0.4, 0.5) is 4.39 Å². The highest BCUT2D eigenvalue weighted by Gasteiger charge is 2.30. The van der Waals surface area contributed by atoms with Crippen molar-refractivity contribution < 1.29 is 9.18 Å². The van der Waals surface area contributed by atoms with E-state index in [1.54, 1.807) is 12.1 Å². The van der Waals surface area contributed by atoms with Crippen LogP contribution in [0.25, 0.3) is 0 Å². The van der Waals surface area contributed by atoms with Crippen molar-refractivity contribution in [3.63, 3.8) is 0 Å². The molecule has 1 atom stereocenters. The van der Waals surface area contributed by atoms with Crippen LogP contribution in [0.3, 0.4) is 0 Å². The second-order valence-electron chi connectivity index (χ2n) is 4.06. The molecule has 15 heavy (non-hydrogen) atoms. The van der Waals surface area contributed by atoms with Crippen LogP contribution in [-0.4, -0.2) is 5.91 Å². The van der Waals surface area contributed by atoms with Crippen LogP contribution >= 0.6 is 0 Å². The lowest BCUT2D eigenvalue weighted by Crippen LogP contribution is -2.27. The van der Waals surface area contributed by atoms with Crippen molar-refractivity contribution in [1.82, 2.24) is 5.32 Å². The molecule has 1 N–H and O–H groups in total. The maximum atomic E-state index is 12.7. The fourth-order valence-electron chi connectivity index (χ4n) is 1.51. The average Bonchev–Trinajstić information content (AvgIpc) is 3.01. The van der Waals surface area contributed by atoms with Crippen molar-refractivity contribution in [3.05, 3.63) is 35.6 Å². The summed E-state index contributed by atoms with van der Waals surface area (Å²) < 4.78 is 12.7. The summed E-state index contributed by atoms with van der Waals surface area (Å²) in [4.78, 5) is 11.5. The van der Waals surface area contributed by atoms with Gasteiger partial charge in [-0.1, -0.05) is 12.1 Å². The van der Waals surface area contributed by atoms with E-state index in [9.17, 15) is 9.18 Å². The smallest absolute Gasteiger partial charge is 0.223 e. The molecule has 0 saturated heterocycles. The monoisotopic (exact) mass is 207 g/mol. The van der Waals surface area contributed by atoms with Gasteiger partial charge in [-0.2, -0.15) is 0 Å². The zero-order valence-electron chi connectivity index (χ0n) is 8.66. The molecule has 0 aromatic heterocycles. The van der Waals surface area contributed by atoms with E-state index in [1.165, 1.54) is 12.1 Å². The molecule has 0 spiro atoms. The second-order valence-corrected chi connectivity index (χ2v) is 4.06. The molecule has 80 valence electrons. The van der Waals surface area contributed by atoms with Gasteiger partial charge in [0.1, 0.15) is 5.82 Å². The Bertz CT molecular complexity index is 356. The van der Waals surface area contributed by atoms with E-state index in [0.717, 1.165) is 18.4 Å². The van der Waals surface area contributed by atoms with Gasteiger partial charge in [-0.25, -0.2) is 4.39 Å². The zero-order chi connectivity index (χ0) is 10.8. The summed E-state index contributed by atoms with van der Waals surface area (Å²) in [6.45, 7) is 1.91. The van der Waals surface area contributed by atoms with Crippen LogP contribution in [0.1, 0.15) is 31.4 Å². The summed E-state index contributed by atoms with van der Waals surface area (Å²) in [5.41, 5.74) is 0.936. The molecule has 1 fully saturated rings. The molecule has 3 heteroatoms. The van der Waals surface area contributed by atoms with Crippen LogP contribution in [0.2, 0.25) is 0 Å². The Morgan fingerprint density at radius 1 is 1.40 bits per heavy atom. The molecular formula is C12H14FNO. The lowest BCUT2D eigenvalue weighted by Gasteiger charge is -2.13. The van der Waals surface area contributed by atoms with Gasteiger partial charge in [0.2, 0.25) is 5.91 Å². The van der Waals surface area contributed by atoms with Gasteiger partial charge in [-0.05, 0) is 37.5 Å². The predicted octanol–water partition coefficient (Wildman–Crippen LogP) is 2.41. The Labute approximate surface area is 88.5 Å². The number of amides is 1. The highest BCUT2D eigenvalue weighted by atomic mass is 19.1. The van der Waals surface area contributed by atoms with Crippen LogP contribution < -0.4 is 5.32 Å². The number of benzene rings is 1. The molecule has 1 aliphatic rings. The Morgan fingerprint density at radius 2 is 2.00 bits per heavy atom. The Kier molecular flexibility index (Phi) is 2.71. The highest BCUT2D eigenvalue weighted by molar-refractivity contribution is 5.81. The highest BCUT2D eigenvalue weighted by Crippen LogP contribution is 2.29. The largest absolute Gasteiger partial charge is 0.349 e. The maximum Gasteiger partial charge on any atom is 0.223 e. The lowest BCUT2D eigenvalue weighted by molar-refractivity contribution is -0.122. The molecule has 1 amide bonds. The van der Waals surface area contributed by atoms with Crippen molar-refractivity contribution in [3.8, 4) is 0 Å². The molecular weight excluding hydrogens is 193 g/mol. The van der Waals surface area contributed by atoms with Crippen molar-refractivity contribution in [2.75, 3.05) is 0 Å². The molecule has 2 nitrogen and oxygen atoms in total. The summed E-state index contributed by atoms with van der Waals surface area (Å²) >= 11 is 0. The van der Waals surface area contributed by atoms with Crippen molar-refractivity contribution in [1.29, 1.82) is 0 Å². The van der Waals surface area contributed by atoms with E-state index in [1.807, 2.05) is 6.92 Å². The van der Waals surface area contributed by atoms with Gasteiger partial charge in [0, 0.05) is 5.92 Å². The minimum absolute atomic E-state index is 0.0429. The van der Waals surface area contributed by atoms with Crippen LogP contribution in [-0.2, 0) is 4.79 Å². The fraction of sp³-hybridized carbons (Fsp3) is 0.417. The zero-order valence-corrected chi connectivity index (χ0v) is 8.66. The first-order valence-electron chi connectivity index (χ1n) is 5.22. The molecule has 0 bridgehead atoms. The third kappa shape index (κ3) is 2.55. The molecule has 0 radical (unpaired) electrons. The standard InChI is InChI=1S/C12H14FNO/c1-8(14-12(15)10-2-3-10)9-4-6-11(13)7-5-9/h4-8,10H,2-3H2,1H3,(H,14,15)/t8-/m1/s1. The molecule has 1 aromatic carbocycles. The van der Waals surface area contributed by atoms with E-state index in [-0.39, 0.29) is 23.7 Å². The van der Waals surface area contributed by atoms with Gasteiger partial charge < -0.3 is 5.32 Å². The Balaban J connectivity index is 1.97. The maximum absolute atomic E-state index is 12.7. The number of rotatable bonds is 3. The van der Waals surface area contributed by atoms with Crippen molar-refractivity contribution in [2.24, 2.45) is 5.92 Å². The third-order valence-electron chi connectivity index (χ3n) is 2.68. The number of hydrogen-bond acceptors (Lipinski definition) is 1. The van der Waals surface area contributed by atoms with E-state index >= 15 is 0 Å². The summed E-state index contributed by atoms with van der Waals surface area (Å²) in [6.07, 6.45) is 2.00. The SMILES string of the molecule is C[C@@H](NC(=O)C1CC1)c1ccc(F)cc1. The van der Waals surface area contributed by atoms with Gasteiger partial charge >= 0.3 is 0 Å². The number of nitrogens with one attached hydrogen (secondary N) is 1. The molecule has 0 unspecified atom stereocenters. The van der Waals surface area contributed by atoms with Crippen LogP contribution in [0, 0.1) is 11.7 Å². The molecule has 1 aromatic rings. The lowest BCUT2D eigenvalue weighted by atomic mass is 10.1. The number of carbonyl (C=O) groups is 1. The summed E-state index contributed by atoms with van der Waals surface area (Å²) in [6, 6.07) is 6.18. The van der Waals surface area contributed by atoms with E-state index < -0.39 is 0 Å².